The quantitative estimate of drug-likeness (QED) is 0.499. The van der Waals surface area contributed by atoms with Crippen LogP contribution in [0.5, 0.6) is 11.5 Å². The van der Waals surface area contributed by atoms with Crippen LogP contribution in [-0.4, -0.2) is 93.3 Å². The lowest BCUT2D eigenvalue weighted by Crippen LogP contribution is -2.42. The van der Waals surface area contributed by atoms with Gasteiger partial charge in [-0.1, -0.05) is 0 Å². The second-order valence-electron chi connectivity index (χ2n) is 6.80. The Morgan fingerprint density at radius 1 is 1.18 bits per heavy atom. The fourth-order valence-corrected chi connectivity index (χ4v) is 3.22. The Labute approximate surface area is 164 Å². The van der Waals surface area contributed by atoms with E-state index in [1.807, 2.05) is 11.0 Å². The van der Waals surface area contributed by atoms with Gasteiger partial charge in [-0.15, -0.1) is 0 Å². The normalized spacial score (nSPS) is 19.0. The minimum Gasteiger partial charge on any atom is -0.504 e. The van der Waals surface area contributed by atoms with Crippen LogP contribution in [0.25, 0.3) is 0 Å². The van der Waals surface area contributed by atoms with E-state index in [9.17, 15) is 9.90 Å². The molecule has 2 saturated heterocycles. The number of nitrogens with zero attached hydrogens (tertiary/aromatic N) is 3. The Bertz CT molecular complexity index is 685. The third-order valence-electron chi connectivity index (χ3n) is 4.77. The van der Waals surface area contributed by atoms with Gasteiger partial charge in [0.15, 0.2) is 11.5 Å². The molecule has 3 rings (SSSR count). The summed E-state index contributed by atoms with van der Waals surface area (Å²) >= 11 is 0. The number of aromatic hydroxyl groups is 1. The van der Waals surface area contributed by atoms with Crippen LogP contribution in [0.4, 0.5) is 0 Å². The summed E-state index contributed by atoms with van der Waals surface area (Å²) in [6.45, 7) is 6.69. The lowest BCUT2D eigenvalue weighted by Gasteiger charge is -2.27. The van der Waals surface area contributed by atoms with Crippen LogP contribution in [0.1, 0.15) is 11.1 Å². The third kappa shape index (κ3) is 5.90. The highest BCUT2D eigenvalue weighted by atomic mass is 16.5. The van der Waals surface area contributed by atoms with Gasteiger partial charge in [0.2, 0.25) is 0 Å². The van der Waals surface area contributed by atoms with E-state index >= 15 is 0 Å². The lowest BCUT2D eigenvalue weighted by molar-refractivity contribution is -0.123. The van der Waals surface area contributed by atoms with E-state index in [1.54, 1.807) is 12.3 Å². The molecular formula is C19H28N4O5. The van der Waals surface area contributed by atoms with Crippen molar-refractivity contribution in [2.75, 3.05) is 66.3 Å². The number of hydrogen-bond donors (Lipinski definition) is 2. The summed E-state index contributed by atoms with van der Waals surface area (Å²) in [5, 5.41) is 14.5. The molecule has 9 nitrogen and oxygen atoms in total. The molecular weight excluding hydrogens is 364 g/mol. The molecule has 0 aliphatic carbocycles. The average molecular weight is 392 g/mol. The molecule has 0 radical (unpaired) electrons. The molecule has 0 spiro atoms. The van der Waals surface area contributed by atoms with Crippen molar-refractivity contribution in [3.05, 3.63) is 23.3 Å². The first-order valence-electron chi connectivity index (χ1n) is 9.47. The number of rotatable bonds is 7. The third-order valence-corrected chi connectivity index (χ3v) is 4.77. The van der Waals surface area contributed by atoms with Crippen LogP contribution in [0.2, 0.25) is 0 Å². The molecule has 9 heteroatoms. The van der Waals surface area contributed by atoms with Gasteiger partial charge in [-0.3, -0.25) is 14.6 Å². The van der Waals surface area contributed by atoms with E-state index in [4.69, 9.17) is 14.2 Å². The highest BCUT2D eigenvalue weighted by Gasteiger charge is 2.16. The van der Waals surface area contributed by atoms with Crippen molar-refractivity contribution in [3.8, 4) is 11.5 Å². The molecule has 2 aliphatic rings. The molecule has 2 N–H and O–H groups in total. The first kappa shape index (κ1) is 20.5. The second-order valence-corrected chi connectivity index (χ2v) is 6.80. The summed E-state index contributed by atoms with van der Waals surface area (Å²) in [7, 11) is 1.51. The average Bonchev–Trinajstić information content (AvgIpc) is 2.71. The van der Waals surface area contributed by atoms with Gasteiger partial charge in [0.25, 0.3) is 5.91 Å². The molecule has 154 valence electrons. The van der Waals surface area contributed by atoms with Gasteiger partial charge >= 0.3 is 0 Å². The Kier molecular flexibility index (Phi) is 7.61. The predicted molar refractivity (Wildman–Crippen MR) is 104 cm³/mol. The first-order chi connectivity index (χ1) is 13.7. The van der Waals surface area contributed by atoms with E-state index < -0.39 is 0 Å². The van der Waals surface area contributed by atoms with E-state index in [1.165, 1.54) is 7.11 Å². The van der Waals surface area contributed by atoms with Crippen molar-refractivity contribution >= 4 is 12.1 Å². The number of phenols is 1. The highest BCUT2D eigenvalue weighted by Crippen LogP contribution is 2.32. The molecule has 0 saturated carbocycles. The lowest BCUT2D eigenvalue weighted by atomic mass is 10.1. The van der Waals surface area contributed by atoms with E-state index in [0.29, 0.717) is 45.3 Å². The van der Waals surface area contributed by atoms with Gasteiger partial charge in [-0.05, 0) is 17.7 Å². The minimum absolute atomic E-state index is 0.127. The monoisotopic (exact) mass is 392 g/mol. The number of benzene rings is 1. The van der Waals surface area contributed by atoms with E-state index in [0.717, 1.165) is 37.3 Å². The predicted octanol–water partition coefficient (Wildman–Crippen LogP) is 0.0153. The maximum atomic E-state index is 12.0. The maximum absolute atomic E-state index is 12.0. The van der Waals surface area contributed by atoms with Gasteiger partial charge in [-0.2, -0.15) is 5.10 Å². The number of methoxy groups -OCH3 is 1. The molecule has 2 fully saturated rings. The van der Waals surface area contributed by atoms with Crippen LogP contribution in [-0.2, 0) is 20.8 Å². The minimum atomic E-state index is -0.169. The van der Waals surface area contributed by atoms with Crippen LogP contribution < -0.4 is 10.2 Å². The summed E-state index contributed by atoms with van der Waals surface area (Å²) in [5.74, 6) is 0.340. The van der Waals surface area contributed by atoms with Crippen LogP contribution in [0.3, 0.4) is 0 Å². The SMILES string of the molecule is COc1cc(C=NNC(=O)CN2CCOCC2)cc(CN2CCOCC2)c1O. The Balaban J connectivity index is 1.60. The Morgan fingerprint density at radius 3 is 2.46 bits per heavy atom. The summed E-state index contributed by atoms with van der Waals surface area (Å²) in [6.07, 6.45) is 1.56. The number of ether oxygens (including phenoxy) is 3. The number of carbonyl (C=O) groups excluding carboxylic acids is 1. The number of nitrogens with one attached hydrogen (secondary N) is 1. The van der Waals surface area contributed by atoms with Gasteiger partial charge in [0.05, 0.1) is 46.3 Å². The molecule has 0 unspecified atom stereocenters. The molecule has 1 aromatic carbocycles. The number of morpholine rings is 2. The molecule has 0 atom stereocenters. The van der Waals surface area contributed by atoms with Gasteiger partial charge in [-0.25, -0.2) is 5.43 Å². The zero-order valence-electron chi connectivity index (χ0n) is 16.2. The standard InChI is InChI=1S/C19H28N4O5/c1-26-17-11-15(10-16(19(17)25)13-22-2-6-27-7-3-22)12-20-21-18(24)14-23-4-8-28-9-5-23/h10-12,25H,2-9,13-14H2,1H3,(H,21,24). The molecule has 28 heavy (non-hydrogen) atoms. The van der Waals surface area contributed by atoms with Crippen molar-refractivity contribution in [2.45, 2.75) is 6.54 Å². The molecule has 1 amide bonds. The van der Waals surface area contributed by atoms with Crippen LogP contribution in [0, 0.1) is 0 Å². The molecule has 0 bridgehead atoms. The first-order valence-corrected chi connectivity index (χ1v) is 9.47. The zero-order valence-corrected chi connectivity index (χ0v) is 16.2. The molecule has 2 aliphatic heterocycles. The maximum Gasteiger partial charge on any atom is 0.254 e. The Morgan fingerprint density at radius 2 is 1.82 bits per heavy atom. The van der Waals surface area contributed by atoms with E-state index in [-0.39, 0.29) is 11.7 Å². The van der Waals surface area contributed by atoms with Gasteiger partial charge in [0, 0.05) is 38.3 Å². The molecule has 1 aromatic rings. The number of hydrogen-bond acceptors (Lipinski definition) is 8. The summed E-state index contributed by atoms with van der Waals surface area (Å²) < 4.78 is 15.9. The fourth-order valence-electron chi connectivity index (χ4n) is 3.22. The van der Waals surface area contributed by atoms with Crippen LogP contribution >= 0.6 is 0 Å². The molecule has 0 aromatic heterocycles. The van der Waals surface area contributed by atoms with Crippen LogP contribution in [0.15, 0.2) is 17.2 Å². The van der Waals surface area contributed by atoms with Crippen molar-refractivity contribution in [1.29, 1.82) is 0 Å². The van der Waals surface area contributed by atoms with Crippen molar-refractivity contribution in [2.24, 2.45) is 5.10 Å². The smallest absolute Gasteiger partial charge is 0.254 e. The largest absolute Gasteiger partial charge is 0.504 e. The second kappa shape index (κ2) is 10.4. The number of carbonyl (C=O) groups is 1. The van der Waals surface area contributed by atoms with Crippen molar-refractivity contribution in [1.82, 2.24) is 15.2 Å². The highest BCUT2D eigenvalue weighted by molar-refractivity contribution is 5.84. The van der Waals surface area contributed by atoms with E-state index in [2.05, 4.69) is 15.4 Å². The fraction of sp³-hybridized carbons (Fsp3) is 0.579. The summed E-state index contributed by atoms with van der Waals surface area (Å²) in [5.41, 5.74) is 4.04. The number of amides is 1. The Hall–Kier alpha value is -2.20. The molecule has 2 heterocycles. The summed E-state index contributed by atoms with van der Waals surface area (Å²) in [6, 6.07) is 3.54. The topological polar surface area (TPSA) is 95.9 Å². The zero-order chi connectivity index (χ0) is 19.8. The number of phenolic OH excluding ortho intramolecular Hbond substituents is 1. The number of hydrazone groups is 1. The van der Waals surface area contributed by atoms with Crippen molar-refractivity contribution < 1.29 is 24.1 Å². The van der Waals surface area contributed by atoms with Crippen molar-refractivity contribution in [3.63, 3.8) is 0 Å². The summed E-state index contributed by atoms with van der Waals surface area (Å²) in [4.78, 5) is 16.3. The van der Waals surface area contributed by atoms with Gasteiger partial charge in [0.1, 0.15) is 0 Å². The van der Waals surface area contributed by atoms with Gasteiger partial charge < -0.3 is 19.3 Å².